The van der Waals surface area contributed by atoms with Crippen LogP contribution in [0.4, 0.5) is 0 Å². The second-order valence-electron chi connectivity index (χ2n) is 5.85. The van der Waals surface area contributed by atoms with Crippen LogP contribution in [0.2, 0.25) is 5.02 Å². The molecule has 6 heteroatoms. The molecule has 0 aliphatic carbocycles. The average Bonchev–Trinajstić information content (AvgIpc) is 2.52. The molecule has 0 saturated carbocycles. The predicted octanol–water partition coefficient (Wildman–Crippen LogP) is 3.48. The van der Waals surface area contributed by atoms with Crippen LogP contribution in [-0.2, 0) is 16.4 Å². The summed E-state index contributed by atoms with van der Waals surface area (Å²) in [6.45, 7) is 1.83. The minimum Gasteiger partial charge on any atom is -0.213 e. The number of sulfonamides is 1. The molecule has 4 nitrogen and oxygen atoms in total. The Labute approximate surface area is 148 Å². The van der Waals surface area contributed by atoms with Crippen LogP contribution in [0.3, 0.4) is 0 Å². The van der Waals surface area contributed by atoms with E-state index in [9.17, 15) is 8.42 Å². The van der Waals surface area contributed by atoms with Gasteiger partial charge in [0.2, 0.25) is 10.0 Å². The van der Waals surface area contributed by atoms with Crippen molar-refractivity contribution in [1.29, 1.82) is 5.26 Å². The Morgan fingerprint density at radius 2 is 1.88 bits per heavy atom. The lowest BCUT2D eigenvalue weighted by molar-refractivity contribution is 0.506. The number of halogens is 1. The summed E-state index contributed by atoms with van der Waals surface area (Å²) in [5, 5.41) is 9.77. The standard InChI is InChI=1S/C18H19ClN2O2S/c1-13(21-24(2,22)23)18(11-14-6-8-17(19)9-7-14)16-5-3-4-15(10-16)12-20/h3-10,13,18,21H,11H2,1-2H3/t13-,18+/m0/s1. The van der Waals surface area contributed by atoms with Crippen molar-refractivity contribution >= 4 is 21.6 Å². The number of hydrogen-bond donors (Lipinski definition) is 1. The van der Waals surface area contributed by atoms with Gasteiger partial charge in [-0.1, -0.05) is 35.9 Å². The molecule has 2 aromatic rings. The smallest absolute Gasteiger partial charge is 0.208 e. The maximum Gasteiger partial charge on any atom is 0.208 e. The summed E-state index contributed by atoms with van der Waals surface area (Å²) in [4.78, 5) is 0. The van der Waals surface area contributed by atoms with Crippen molar-refractivity contribution < 1.29 is 8.42 Å². The van der Waals surface area contributed by atoms with Crippen molar-refractivity contribution in [3.63, 3.8) is 0 Å². The Bertz CT molecular complexity index is 842. The molecule has 2 aromatic carbocycles. The van der Waals surface area contributed by atoms with E-state index in [-0.39, 0.29) is 12.0 Å². The van der Waals surface area contributed by atoms with Gasteiger partial charge in [0.15, 0.2) is 0 Å². The molecule has 0 radical (unpaired) electrons. The number of nitrogens with zero attached hydrogens (tertiary/aromatic N) is 1. The van der Waals surface area contributed by atoms with E-state index in [0.29, 0.717) is 17.0 Å². The molecule has 2 atom stereocenters. The molecule has 1 N–H and O–H groups in total. The summed E-state index contributed by atoms with van der Waals surface area (Å²) in [5.74, 6) is -0.103. The Morgan fingerprint density at radius 3 is 2.46 bits per heavy atom. The Balaban J connectivity index is 2.36. The van der Waals surface area contributed by atoms with Gasteiger partial charge in [-0.2, -0.15) is 5.26 Å². The van der Waals surface area contributed by atoms with Gasteiger partial charge < -0.3 is 0 Å². The van der Waals surface area contributed by atoms with Crippen LogP contribution in [0.5, 0.6) is 0 Å². The molecule has 0 spiro atoms. The van der Waals surface area contributed by atoms with Crippen molar-refractivity contribution in [2.24, 2.45) is 0 Å². The lowest BCUT2D eigenvalue weighted by atomic mass is 9.86. The zero-order valence-electron chi connectivity index (χ0n) is 13.5. The third-order valence-electron chi connectivity index (χ3n) is 3.82. The fourth-order valence-electron chi connectivity index (χ4n) is 2.72. The fraction of sp³-hybridized carbons (Fsp3) is 0.278. The monoisotopic (exact) mass is 362 g/mol. The summed E-state index contributed by atoms with van der Waals surface area (Å²) in [5.41, 5.74) is 2.53. The molecule has 0 fully saturated rings. The van der Waals surface area contributed by atoms with Gasteiger partial charge in [0, 0.05) is 17.0 Å². The van der Waals surface area contributed by atoms with Gasteiger partial charge in [-0.25, -0.2) is 13.1 Å². The maximum absolute atomic E-state index is 11.6. The van der Waals surface area contributed by atoms with Crippen molar-refractivity contribution in [3.05, 3.63) is 70.2 Å². The molecule has 0 unspecified atom stereocenters. The second-order valence-corrected chi connectivity index (χ2v) is 8.07. The van der Waals surface area contributed by atoms with Gasteiger partial charge in [-0.05, 0) is 48.7 Å². The maximum atomic E-state index is 11.6. The molecule has 24 heavy (non-hydrogen) atoms. The molecule has 0 heterocycles. The molecular formula is C18H19ClN2O2S. The highest BCUT2D eigenvalue weighted by molar-refractivity contribution is 7.88. The third-order valence-corrected chi connectivity index (χ3v) is 4.87. The normalized spacial score (nSPS) is 13.9. The van der Waals surface area contributed by atoms with Gasteiger partial charge >= 0.3 is 0 Å². The van der Waals surface area contributed by atoms with E-state index >= 15 is 0 Å². The van der Waals surface area contributed by atoms with E-state index in [1.807, 2.05) is 43.3 Å². The summed E-state index contributed by atoms with van der Waals surface area (Å²) in [6, 6.07) is 16.6. The van der Waals surface area contributed by atoms with E-state index in [1.54, 1.807) is 12.1 Å². The van der Waals surface area contributed by atoms with Crippen molar-refractivity contribution in [2.45, 2.75) is 25.3 Å². The molecule has 0 aliphatic rings. The first kappa shape index (κ1) is 18.5. The van der Waals surface area contributed by atoms with Crippen molar-refractivity contribution in [3.8, 4) is 6.07 Å². The average molecular weight is 363 g/mol. The van der Waals surface area contributed by atoms with Gasteiger partial charge in [0.05, 0.1) is 17.9 Å². The summed E-state index contributed by atoms with van der Waals surface area (Å²) in [6.07, 6.45) is 1.78. The molecule has 126 valence electrons. The third kappa shape index (κ3) is 5.34. The first-order valence-corrected chi connectivity index (χ1v) is 9.77. The minimum absolute atomic E-state index is 0.103. The van der Waals surface area contributed by atoms with E-state index < -0.39 is 10.0 Å². The van der Waals surface area contributed by atoms with Crippen molar-refractivity contribution in [2.75, 3.05) is 6.26 Å². The van der Waals surface area contributed by atoms with Crippen LogP contribution in [0, 0.1) is 11.3 Å². The highest BCUT2D eigenvalue weighted by Gasteiger charge is 2.23. The zero-order valence-corrected chi connectivity index (χ0v) is 15.1. The van der Waals surface area contributed by atoms with Gasteiger partial charge in [-0.3, -0.25) is 0 Å². The fourth-order valence-corrected chi connectivity index (χ4v) is 3.68. The highest BCUT2D eigenvalue weighted by Crippen LogP contribution is 2.26. The SMILES string of the molecule is C[C@H](NS(C)(=O)=O)[C@@H](Cc1ccc(Cl)cc1)c1cccc(C#N)c1. The first-order valence-electron chi connectivity index (χ1n) is 7.50. The van der Waals surface area contributed by atoms with Crippen LogP contribution in [-0.4, -0.2) is 20.7 Å². The molecule has 2 rings (SSSR count). The molecule has 0 bridgehead atoms. The Morgan fingerprint density at radius 1 is 1.21 bits per heavy atom. The molecule has 0 aliphatic heterocycles. The summed E-state index contributed by atoms with van der Waals surface area (Å²) < 4.78 is 25.9. The van der Waals surface area contributed by atoms with E-state index in [2.05, 4.69) is 10.8 Å². The van der Waals surface area contributed by atoms with Gasteiger partial charge in [0.1, 0.15) is 0 Å². The number of nitriles is 1. The number of rotatable bonds is 6. The topological polar surface area (TPSA) is 70.0 Å². The van der Waals surface area contributed by atoms with Gasteiger partial charge in [-0.15, -0.1) is 0 Å². The van der Waals surface area contributed by atoms with E-state index in [0.717, 1.165) is 17.4 Å². The molecular weight excluding hydrogens is 344 g/mol. The van der Waals surface area contributed by atoms with Crippen LogP contribution in [0.1, 0.15) is 29.5 Å². The quantitative estimate of drug-likeness (QED) is 0.855. The Kier molecular flexibility index (Phi) is 6.00. The molecule has 0 amide bonds. The van der Waals surface area contributed by atoms with E-state index in [4.69, 9.17) is 16.9 Å². The lowest BCUT2D eigenvalue weighted by Gasteiger charge is -2.25. The minimum atomic E-state index is -3.33. The summed E-state index contributed by atoms with van der Waals surface area (Å²) >= 11 is 5.93. The number of benzene rings is 2. The zero-order chi connectivity index (χ0) is 17.7. The predicted molar refractivity (Wildman–Crippen MR) is 96.5 cm³/mol. The van der Waals surface area contributed by atoms with Crippen molar-refractivity contribution in [1.82, 2.24) is 4.72 Å². The van der Waals surface area contributed by atoms with E-state index in [1.165, 1.54) is 0 Å². The second kappa shape index (κ2) is 7.80. The van der Waals surface area contributed by atoms with Crippen LogP contribution < -0.4 is 4.72 Å². The first-order chi connectivity index (χ1) is 11.3. The molecule has 0 saturated heterocycles. The Hall–Kier alpha value is -1.87. The lowest BCUT2D eigenvalue weighted by Crippen LogP contribution is -2.37. The largest absolute Gasteiger partial charge is 0.213 e. The van der Waals surface area contributed by atoms with Gasteiger partial charge in [0.25, 0.3) is 0 Å². The van der Waals surface area contributed by atoms with Crippen LogP contribution >= 0.6 is 11.6 Å². The summed E-state index contributed by atoms with van der Waals surface area (Å²) in [7, 11) is -3.33. The number of nitrogens with one attached hydrogen (secondary N) is 1. The number of hydrogen-bond acceptors (Lipinski definition) is 3. The van der Waals surface area contributed by atoms with Crippen LogP contribution in [0.15, 0.2) is 48.5 Å². The molecule has 0 aromatic heterocycles. The van der Waals surface area contributed by atoms with Crippen LogP contribution in [0.25, 0.3) is 0 Å². The highest BCUT2D eigenvalue weighted by atomic mass is 35.5.